The Morgan fingerprint density at radius 2 is 0.400 bits per heavy atom. The molecule has 0 N–H and O–H groups in total. The maximum atomic E-state index is 2.39. The summed E-state index contributed by atoms with van der Waals surface area (Å²) in [6.07, 6.45) is 9.22. The molecular weight excluding hydrogens is 420 g/mol. The van der Waals surface area contributed by atoms with Crippen LogP contribution in [0.4, 0.5) is 0 Å². The van der Waals surface area contributed by atoms with Crippen molar-refractivity contribution in [1.29, 1.82) is 0 Å². The summed E-state index contributed by atoms with van der Waals surface area (Å²) in [7, 11) is 0. The van der Waals surface area contributed by atoms with E-state index in [0.29, 0.717) is 0 Å². The van der Waals surface area contributed by atoms with E-state index in [0.717, 1.165) is 57.2 Å². The van der Waals surface area contributed by atoms with Crippen LogP contribution in [0, 0.1) is 57.2 Å². The fourth-order valence-corrected chi connectivity index (χ4v) is 6.35. The van der Waals surface area contributed by atoms with Gasteiger partial charge in [0.2, 0.25) is 0 Å². The van der Waals surface area contributed by atoms with E-state index in [1.165, 1.54) is 38.5 Å². The van der Waals surface area contributed by atoms with Crippen LogP contribution in [0.25, 0.3) is 0 Å². The molecular formula is C35H76. The highest BCUT2D eigenvalue weighted by molar-refractivity contribution is 5.19. The highest BCUT2D eigenvalue weighted by atomic mass is 14.7. The smallest absolute Gasteiger partial charge is 0.0258 e. The van der Waals surface area contributed by atoms with Crippen molar-refractivity contribution in [3.63, 3.8) is 0 Å². The van der Waals surface area contributed by atoms with Gasteiger partial charge in [0.25, 0.3) is 0 Å². The van der Waals surface area contributed by atoms with Gasteiger partial charge in [0.15, 0.2) is 0 Å². The van der Waals surface area contributed by atoms with E-state index >= 15 is 0 Å². The summed E-state index contributed by atoms with van der Waals surface area (Å²) in [6, 6.07) is 0. The van der Waals surface area contributed by atoms with E-state index in [9.17, 15) is 0 Å². The van der Waals surface area contributed by atoms with Crippen LogP contribution in [-0.2, 0) is 0 Å². The maximum Gasteiger partial charge on any atom is -0.0258 e. The molecule has 0 heteroatoms. The van der Waals surface area contributed by atoms with Crippen LogP contribution < -0.4 is 0 Å². The molecule has 6 rings (SSSR count). The van der Waals surface area contributed by atoms with Crippen molar-refractivity contribution in [3.8, 4) is 0 Å². The Balaban J connectivity index is -0.000000401. The molecule has 6 aliphatic carbocycles. The molecule has 0 amide bonds. The van der Waals surface area contributed by atoms with Gasteiger partial charge in [-0.1, -0.05) is 132 Å². The summed E-state index contributed by atoms with van der Waals surface area (Å²) >= 11 is 0. The van der Waals surface area contributed by atoms with Gasteiger partial charge in [-0.05, 0) is 95.7 Å². The summed E-state index contributed by atoms with van der Waals surface area (Å²) in [4.78, 5) is 0. The second kappa shape index (κ2) is 16.1. The van der Waals surface area contributed by atoms with E-state index in [-0.39, 0.29) is 7.43 Å². The van der Waals surface area contributed by atoms with Crippen LogP contribution in [0.3, 0.4) is 0 Å². The summed E-state index contributed by atoms with van der Waals surface area (Å²) in [5.41, 5.74) is 3.24. The molecule has 0 aromatic heterocycles. The van der Waals surface area contributed by atoms with Crippen molar-refractivity contribution < 1.29 is 0 Å². The minimum atomic E-state index is 0. The second-order valence-electron chi connectivity index (χ2n) is 14.6. The van der Waals surface area contributed by atoms with Crippen molar-refractivity contribution in [3.05, 3.63) is 0 Å². The predicted octanol–water partition coefficient (Wildman–Crippen LogP) is 13.0. The first-order chi connectivity index (χ1) is 15.5. The molecule has 35 heavy (non-hydrogen) atoms. The maximum absolute atomic E-state index is 2.39. The van der Waals surface area contributed by atoms with E-state index in [2.05, 4.69) is 96.9 Å². The lowest BCUT2D eigenvalue weighted by Gasteiger charge is -2.75. The predicted molar refractivity (Wildman–Crippen MR) is 167 cm³/mol. The molecule has 6 saturated carbocycles. The summed E-state index contributed by atoms with van der Waals surface area (Å²) in [5, 5.41) is 0. The van der Waals surface area contributed by atoms with Gasteiger partial charge in [-0.15, -0.1) is 0 Å². The van der Waals surface area contributed by atoms with Crippen LogP contribution >= 0.6 is 0 Å². The highest BCUT2D eigenvalue weighted by Gasteiger charge is 2.69. The zero-order chi connectivity index (χ0) is 27.7. The van der Waals surface area contributed by atoms with E-state index in [1.807, 2.05) is 27.7 Å². The van der Waals surface area contributed by atoms with Gasteiger partial charge in [-0.2, -0.15) is 0 Å². The SMILES string of the molecule is C.CC.CC.CC(C)C.CC(C)C.CC(C)C12CC(C(C)C)(C1)C2.CC(C)C12CC(C(C)C)(C1)C2. The molecule has 0 unspecified atom stereocenters. The number of hydrogen-bond acceptors (Lipinski definition) is 0. The molecule has 0 spiro atoms. The van der Waals surface area contributed by atoms with Gasteiger partial charge < -0.3 is 0 Å². The molecule has 216 valence electrons. The standard InChI is InChI=1S/2C11H20.2C4H10.2C2H6.CH4/c2*1-8(2)10-5-11(6-10,7-10)9(3)4;2*1-4(2)3;2*1-2;/h2*8-9H,5-7H2,1-4H3;2*4H,1-3H3;2*1-2H3;1H4. The summed E-state index contributed by atoms with van der Waals surface area (Å²) < 4.78 is 0. The Morgan fingerprint density at radius 1 is 0.314 bits per heavy atom. The third-order valence-corrected chi connectivity index (χ3v) is 9.12. The summed E-state index contributed by atoms with van der Waals surface area (Å²) in [6.45, 7) is 40.1. The average Bonchev–Trinajstić information content (AvgIpc) is 2.51. The second-order valence-corrected chi connectivity index (χ2v) is 14.6. The van der Waals surface area contributed by atoms with Crippen LogP contribution in [0.5, 0.6) is 0 Å². The lowest BCUT2D eigenvalue weighted by Crippen LogP contribution is -2.66. The zero-order valence-corrected chi connectivity index (χ0v) is 27.7. The third kappa shape index (κ3) is 9.67. The van der Waals surface area contributed by atoms with Gasteiger partial charge in [0.1, 0.15) is 0 Å². The van der Waals surface area contributed by atoms with Crippen LogP contribution in [0.2, 0.25) is 0 Å². The van der Waals surface area contributed by atoms with Gasteiger partial charge in [0.05, 0.1) is 0 Å². The van der Waals surface area contributed by atoms with E-state index in [1.54, 1.807) is 0 Å². The first-order valence-electron chi connectivity index (χ1n) is 15.5. The minimum absolute atomic E-state index is 0. The summed E-state index contributed by atoms with van der Waals surface area (Å²) in [5.74, 6) is 5.40. The zero-order valence-electron chi connectivity index (χ0n) is 27.7. The number of rotatable bonds is 4. The normalized spacial score (nSPS) is 32.2. The van der Waals surface area contributed by atoms with Crippen molar-refractivity contribution in [2.75, 3.05) is 0 Å². The molecule has 0 aromatic rings. The Morgan fingerprint density at radius 3 is 0.457 bits per heavy atom. The lowest BCUT2D eigenvalue weighted by molar-refractivity contribution is -0.252. The molecule has 0 saturated heterocycles. The molecule has 0 nitrogen and oxygen atoms in total. The van der Waals surface area contributed by atoms with Gasteiger partial charge in [0, 0.05) is 0 Å². The van der Waals surface area contributed by atoms with Crippen LogP contribution in [0.1, 0.15) is 171 Å². The average molecular weight is 497 g/mol. The first-order valence-corrected chi connectivity index (χ1v) is 15.5. The Kier molecular flexibility index (Phi) is 18.1. The first kappa shape index (κ1) is 39.5. The largest absolute Gasteiger partial charge is 0.0776 e. The van der Waals surface area contributed by atoms with Gasteiger partial charge >= 0.3 is 0 Å². The molecule has 6 aliphatic rings. The molecule has 0 aromatic carbocycles. The molecule has 0 atom stereocenters. The van der Waals surface area contributed by atoms with Crippen LogP contribution in [0.15, 0.2) is 0 Å². The minimum Gasteiger partial charge on any atom is -0.0776 e. The fraction of sp³-hybridized carbons (Fsp3) is 1.00. The van der Waals surface area contributed by atoms with Crippen molar-refractivity contribution in [2.45, 2.75) is 171 Å². The van der Waals surface area contributed by atoms with Crippen molar-refractivity contribution in [1.82, 2.24) is 0 Å². The van der Waals surface area contributed by atoms with E-state index < -0.39 is 0 Å². The fourth-order valence-electron chi connectivity index (χ4n) is 6.35. The quantitative estimate of drug-likeness (QED) is 0.363. The highest BCUT2D eigenvalue weighted by Crippen LogP contribution is 2.79. The molecule has 4 bridgehead atoms. The molecule has 6 fully saturated rings. The van der Waals surface area contributed by atoms with Crippen LogP contribution in [-0.4, -0.2) is 0 Å². The van der Waals surface area contributed by atoms with Gasteiger partial charge in [-0.25, -0.2) is 0 Å². The molecule has 0 radical (unpaired) electrons. The Labute approximate surface area is 227 Å². The molecule has 0 aliphatic heterocycles. The topological polar surface area (TPSA) is 0 Å². The molecule has 0 heterocycles. The monoisotopic (exact) mass is 497 g/mol. The van der Waals surface area contributed by atoms with Gasteiger partial charge in [-0.3, -0.25) is 0 Å². The van der Waals surface area contributed by atoms with Crippen molar-refractivity contribution >= 4 is 0 Å². The Bertz CT molecular complexity index is 387. The third-order valence-electron chi connectivity index (χ3n) is 9.12. The van der Waals surface area contributed by atoms with Crippen molar-refractivity contribution in [2.24, 2.45) is 57.2 Å². The lowest BCUT2D eigenvalue weighted by atomic mass is 9.30. The van der Waals surface area contributed by atoms with E-state index in [4.69, 9.17) is 0 Å². The Hall–Kier alpha value is 0. The number of hydrogen-bond donors (Lipinski definition) is 0.